The summed E-state index contributed by atoms with van der Waals surface area (Å²) in [6, 6.07) is 2.34. The molecular formula is C15H18S. The molecule has 0 aromatic carbocycles. The summed E-state index contributed by atoms with van der Waals surface area (Å²) in [7, 11) is 0. The first-order valence-corrected chi connectivity index (χ1v) is 7.24. The summed E-state index contributed by atoms with van der Waals surface area (Å²) in [5.74, 6) is 0.641. The van der Waals surface area contributed by atoms with Crippen molar-refractivity contribution in [1.82, 2.24) is 0 Å². The van der Waals surface area contributed by atoms with Crippen LogP contribution in [0.15, 0.2) is 41.1 Å². The summed E-state index contributed by atoms with van der Waals surface area (Å²) in [4.78, 5) is 0. The lowest BCUT2D eigenvalue weighted by molar-refractivity contribution is 0.254. The minimum atomic E-state index is 0.418. The van der Waals surface area contributed by atoms with E-state index in [1.165, 1.54) is 32.1 Å². The summed E-state index contributed by atoms with van der Waals surface area (Å²) in [6.07, 6.45) is 16.2. The van der Waals surface area contributed by atoms with Gasteiger partial charge in [-0.1, -0.05) is 43.6 Å². The Morgan fingerprint density at radius 2 is 1.81 bits per heavy atom. The lowest BCUT2D eigenvalue weighted by Gasteiger charge is -2.41. The van der Waals surface area contributed by atoms with Gasteiger partial charge in [-0.25, -0.2) is 0 Å². The first-order valence-electron chi connectivity index (χ1n) is 6.29. The van der Waals surface area contributed by atoms with Crippen LogP contribution in [0.3, 0.4) is 0 Å². The average molecular weight is 230 g/mol. The van der Waals surface area contributed by atoms with Gasteiger partial charge in [0.1, 0.15) is 0 Å². The maximum Gasteiger partial charge on any atom is 0.00588 e. The highest BCUT2D eigenvalue weighted by Crippen LogP contribution is 2.47. The second-order valence-electron chi connectivity index (χ2n) is 5.02. The third-order valence-corrected chi connectivity index (χ3v) is 4.91. The fourth-order valence-electron chi connectivity index (χ4n) is 3.35. The Balaban J connectivity index is 1.99. The molecule has 0 bridgehead atoms. The van der Waals surface area contributed by atoms with E-state index in [0.717, 1.165) is 0 Å². The third kappa shape index (κ3) is 1.58. The summed E-state index contributed by atoms with van der Waals surface area (Å²) in [6.45, 7) is 0. The molecule has 0 radical (unpaired) electrons. The van der Waals surface area contributed by atoms with Crippen LogP contribution in [-0.2, 0) is 5.41 Å². The van der Waals surface area contributed by atoms with Crippen molar-refractivity contribution >= 4 is 11.3 Å². The maximum atomic E-state index is 2.39. The zero-order valence-electron chi connectivity index (χ0n) is 9.56. The quantitative estimate of drug-likeness (QED) is 0.691. The number of rotatable bonds is 2. The highest BCUT2D eigenvalue weighted by Gasteiger charge is 2.39. The monoisotopic (exact) mass is 230 g/mol. The van der Waals surface area contributed by atoms with Crippen LogP contribution in [0.25, 0.3) is 0 Å². The second-order valence-corrected chi connectivity index (χ2v) is 5.80. The van der Waals surface area contributed by atoms with Gasteiger partial charge in [0, 0.05) is 11.3 Å². The van der Waals surface area contributed by atoms with Crippen molar-refractivity contribution in [2.75, 3.05) is 0 Å². The van der Waals surface area contributed by atoms with Crippen LogP contribution in [0.1, 0.15) is 37.7 Å². The van der Waals surface area contributed by atoms with Crippen molar-refractivity contribution in [3.63, 3.8) is 0 Å². The second kappa shape index (κ2) is 4.21. The van der Waals surface area contributed by atoms with Crippen LogP contribution in [0.5, 0.6) is 0 Å². The fourth-order valence-corrected chi connectivity index (χ4v) is 4.11. The molecule has 3 rings (SSSR count). The zero-order chi connectivity index (χ0) is 10.8. The Kier molecular flexibility index (Phi) is 2.72. The maximum absolute atomic E-state index is 2.39. The van der Waals surface area contributed by atoms with Gasteiger partial charge in [-0.3, -0.25) is 0 Å². The molecule has 0 nitrogen and oxygen atoms in total. The van der Waals surface area contributed by atoms with E-state index >= 15 is 0 Å². The molecule has 0 saturated heterocycles. The van der Waals surface area contributed by atoms with E-state index in [9.17, 15) is 0 Å². The third-order valence-electron chi connectivity index (χ3n) is 4.23. The van der Waals surface area contributed by atoms with Crippen LogP contribution in [0, 0.1) is 5.92 Å². The Morgan fingerprint density at radius 3 is 2.44 bits per heavy atom. The molecule has 0 unspecified atom stereocenters. The predicted molar refractivity (Wildman–Crippen MR) is 70.9 cm³/mol. The van der Waals surface area contributed by atoms with Crippen molar-refractivity contribution < 1.29 is 0 Å². The predicted octanol–water partition coefficient (Wildman–Crippen LogP) is 4.69. The molecule has 1 heterocycles. The molecule has 16 heavy (non-hydrogen) atoms. The SMILES string of the molecule is C1=CC(C2(c3ccsc3)CCCCC2)C=C1. The molecule has 0 amide bonds. The molecule has 1 saturated carbocycles. The molecule has 1 heteroatoms. The van der Waals surface area contributed by atoms with Crippen LogP contribution < -0.4 is 0 Å². The minimum absolute atomic E-state index is 0.418. The Hall–Kier alpha value is -0.820. The largest absolute Gasteiger partial charge is 0.152 e. The van der Waals surface area contributed by atoms with Gasteiger partial charge >= 0.3 is 0 Å². The van der Waals surface area contributed by atoms with Gasteiger partial charge < -0.3 is 0 Å². The van der Waals surface area contributed by atoms with Crippen LogP contribution >= 0.6 is 11.3 Å². The number of thiophene rings is 1. The van der Waals surface area contributed by atoms with Gasteiger partial charge in [0.25, 0.3) is 0 Å². The molecule has 0 aliphatic heterocycles. The van der Waals surface area contributed by atoms with E-state index < -0.39 is 0 Å². The van der Waals surface area contributed by atoms with Crippen molar-refractivity contribution in [3.05, 3.63) is 46.7 Å². The molecular weight excluding hydrogens is 212 g/mol. The minimum Gasteiger partial charge on any atom is -0.152 e. The highest BCUT2D eigenvalue weighted by molar-refractivity contribution is 7.08. The normalized spacial score (nSPS) is 24.0. The van der Waals surface area contributed by atoms with Gasteiger partial charge in [0.2, 0.25) is 0 Å². The fraction of sp³-hybridized carbons (Fsp3) is 0.467. The highest BCUT2D eigenvalue weighted by atomic mass is 32.1. The molecule has 1 fully saturated rings. The smallest absolute Gasteiger partial charge is 0.00588 e. The van der Waals surface area contributed by atoms with E-state index in [4.69, 9.17) is 0 Å². The summed E-state index contributed by atoms with van der Waals surface area (Å²) >= 11 is 1.84. The van der Waals surface area contributed by atoms with E-state index in [0.29, 0.717) is 11.3 Å². The van der Waals surface area contributed by atoms with Crippen molar-refractivity contribution in [2.24, 2.45) is 5.92 Å². The lowest BCUT2D eigenvalue weighted by Crippen LogP contribution is -2.34. The number of hydrogen-bond donors (Lipinski definition) is 0. The van der Waals surface area contributed by atoms with Crippen molar-refractivity contribution in [2.45, 2.75) is 37.5 Å². The van der Waals surface area contributed by atoms with E-state index in [2.05, 4.69) is 41.1 Å². The lowest BCUT2D eigenvalue weighted by atomic mass is 9.63. The van der Waals surface area contributed by atoms with E-state index in [-0.39, 0.29) is 0 Å². The molecule has 1 aromatic rings. The summed E-state index contributed by atoms with van der Waals surface area (Å²) in [5.41, 5.74) is 2.00. The molecule has 2 aliphatic rings. The summed E-state index contributed by atoms with van der Waals surface area (Å²) < 4.78 is 0. The van der Waals surface area contributed by atoms with Gasteiger partial charge in [0.15, 0.2) is 0 Å². The van der Waals surface area contributed by atoms with Crippen molar-refractivity contribution in [3.8, 4) is 0 Å². The van der Waals surface area contributed by atoms with E-state index in [1.807, 2.05) is 11.3 Å². The topological polar surface area (TPSA) is 0 Å². The number of hydrogen-bond acceptors (Lipinski definition) is 1. The number of allylic oxidation sites excluding steroid dienone is 4. The Labute approximate surface area is 102 Å². The standard InChI is InChI=1S/C15H18S/c1-4-9-15(10-5-1,13-6-2-3-7-13)14-8-11-16-12-14/h2-3,6-8,11-13H,1,4-5,9-10H2. The molecule has 0 N–H and O–H groups in total. The average Bonchev–Trinajstić information content (AvgIpc) is 3.04. The van der Waals surface area contributed by atoms with Crippen LogP contribution in [-0.4, -0.2) is 0 Å². The zero-order valence-corrected chi connectivity index (χ0v) is 10.4. The molecule has 0 atom stereocenters. The van der Waals surface area contributed by atoms with Crippen LogP contribution in [0.2, 0.25) is 0 Å². The first-order chi connectivity index (χ1) is 7.92. The van der Waals surface area contributed by atoms with Gasteiger partial charge in [-0.2, -0.15) is 11.3 Å². The molecule has 84 valence electrons. The van der Waals surface area contributed by atoms with Crippen molar-refractivity contribution in [1.29, 1.82) is 0 Å². The molecule has 2 aliphatic carbocycles. The van der Waals surface area contributed by atoms with Gasteiger partial charge in [-0.05, 0) is 35.2 Å². The molecule has 0 spiro atoms. The first kappa shape index (κ1) is 10.3. The van der Waals surface area contributed by atoms with Gasteiger partial charge in [-0.15, -0.1) is 0 Å². The molecule has 1 aromatic heterocycles. The Morgan fingerprint density at radius 1 is 1.06 bits per heavy atom. The van der Waals surface area contributed by atoms with Crippen LogP contribution in [0.4, 0.5) is 0 Å². The summed E-state index contributed by atoms with van der Waals surface area (Å²) in [5, 5.41) is 4.60. The Bertz CT molecular complexity index is 379. The van der Waals surface area contributed by atoms with Gasteiger partial charge in [0.05, 0.1) is 0 Å². The van der Waals surface area contributed by atoms with E-state index in [1.54, 1.807) is 5.56 Å².